The number of hydrogen-bond acceptors (Lipinski definition) is 7. The maximum absolute atomic E-state index is 12.3. The number of carboxylic acids is 1. The van der Waals surface area contributed by atoms with Crippen molar-refractivity contribution in [1.29, 1.82) is 0 Å². The fourth-order valence-electron chi connectivity index (χ4n) is 4.10. The minimum Gasteiger partial charge on any atom is -0.481 e. The monoisotopic (exact) mass is 482 g/mol. The molecule has 0 saturated heterocycles. The van der Waals surface area contributed by atoms with Crippen LogP contribution in [0.5, 0.6) is 5.88 Å². The van der Waals surface area contributed by atoms with Gasteiger partial charge in [0.15, 0.2) is 9.84 Å². The highest BCUT2D eigenvalue weighted by Crippen LogP contribution is 2.36. The number of nitrogens with one attached hydrogen (secondary N) is 1. The Hall–Kier alpha value is -3.72. The second-order valence-corrected chi connectivity index (χ2v) is 10.1. The number of carbonyl (C=O) groups excluding carboxylic acids is 1. The number of aromatic nitrogens is 1. The Morgan fingerprint density at radius 1 is 1.12 bits per heavy atom. The summed E-state index contributed by atoms with van der Waals surface area (Å²) >= 11 is 0. The number of aliphatic carboxylic acids is 1. The van der Waals surface area contributed by atoms with Gasteiger partial charge in [0.2, 0.25) is 5.88 Å². The maximum Gasteiger partial charge on any atom is 0.330 e. The Morgan fingerprint density at radius 2 is 1.76 bits per heavy atom. The van der Waals surface area contributed by atoms with Crippen LogP contribution in [0.25, 0.3) is 11.1 Å². The van der Waals surface area contributed by atoms with Gasteiger partial charge in [0.25, 0.3) is 0 Å². The molecular weight excluding hydrogens is 456 g/mol. The molecule has 1 aliphatic rings. The van der Waals surface area contributed by atoms with E-state index in [-0.39, 0.29) is 10.6 Å². The number of carboxylic acid groups (broad SMARTS) is 1. The zero-order valence-electron chi connectivity index (χ0n) is 18.9. The molecule has 178 valence electrons. The molecule has 0 spiro atoms. The van der Waals surface area contributed by atoms with Crippen LogP contribution in [0.2, 0.25) is 0 Å². The molecule has 2 aromatic carbocycles. The van der Waals surface area contributed by atoms with E-state index in [9.17, 15) is 18.3 Å². The first-order valence-corrected chi connectivity index (χ1v) is 12.2. The number of nitrogens with zero attached hydrogens (tertiary/aromatic N) is 1. The lowest BCUT2D eigenvalue weighted by Crippen LogP contribution is -2.47. The summed E-state index contributed by atoms with van der Waals surface area (Å²) < 4.78 is 30.1. The molecule has 9 heteroatoms. The lowest BCUT2D eigenvalue weighted by atomic mass is 9.95. The summed E-state index contributed by atoms with van der Waals surface area (Å²) in [6.07, 6.45) is 2.23. The van der Waals surface area contributed by atoms with Gasteiger partial charge >= 0.3 is 5.97 Å². The van der Waals surface area contributed by atoms with Crippen molar-refractivity contribution in [3.05, 3.63) is 71.9 Å². The minimum absolute atomic E-state index is 0.00484. The molecule has 0 unspecified atom stereocenters. The van der Waals surface area contributed by atoms with E-state index in [1.165, 1.54) is 13.3 Å². The molecule has 0 fully saturated rings. The van der Waals surface area contributed by atoms with Gasteiger partial charge in [-0.1, -0.05) is 43.3 Å². The molecular formula is C25H26N2O6S. The Bertz CT molecular complexity index is 1280. The first kappa shape index (κ1) is 24.9. The summed E-state index contributed by atoms with van der Waals surface area (Å²) in [5.41, 5.74) is 2.51. The molecule has 2 N–H and O–H groups in total. The van der Waals surface area contributed by atoms with Crippen molar-refractivity contribution in [2.75, 3.05) is 18.2 Å². The van der Waals surface area contributed by atoms with E-state index in [2.05, 4.69) is 10.3 Å². The number of methoxy groups -OCH3 is 1. The maximum atomic E-state index is 12.3. The number of anilines is 1. The minimum atomic E-state index is -3.38. The molecule has 4 rings (SSSR count). The molecule has 0 amide bonds. The van der Waals surface area contributed by atoms with Crippen molar-refractivity contribution in [2.45, 2.75) is 30.2 Å². The third-order valence-electron chi connectivity index (χ3n) is 5.82. The van der Waals surface area contributed by atoms with Gasteiger partial charge in [-0.3, -0.25) is 0 Å². The molecule has 1 aromatic heterocycles. The van der Waals surface area contributed by atoms with Gasteiger partial charge in [0.1, 0.15) is 12.3 Å². The third kappa shape index (κ3) is 4.79. The summed E-state index contributed by atoms with van der Waals surface area (Å²) in [4.78, 5) is 24.8. The van der Waals surface area contributed by atoms with E-state index in [4.69, 9.17) is 9.53 Å². The number of sulfone groups is 1. The first-order chi connectivity index (χ1) is 16.3. The highest BCUT2D eigenvalue weighted by Gasteiger charge is 2.44. The normalized spacial score (nSPS) is 13.8. The predicted molar refractivity (Wildman–Crippen MR) is 129 cm³/mol. The van der Waals surface area contributed by atoms with Gasteiger partial charge in [-0.2, -0.15) is 0 Å². The Balaban J connectivity index is 0.00000158. The van der Waals surface area contributed by atoms with Gasteiger partial charge in [0, 0.05) is 18.4 Å². The topological polar surface area (TPSA) is 123 Å². The highest BCUT2D eigenvalue weighted by molar-refractivity contribution is 7.91. The number of hydrogen-bond donors (Lipinski definition) is 2. The van der Waals surface area contributed by atoms with Gasteiger partial charge in [-0.15, -0.1) is 0 Å². The third-order valence-corrected chi connectivity index (χ3v) is 7.56. The molecule has 0 atom stereocenters. The second kappa shape index (κ2) is 10.0. The zero-order chi connectivity index (χ0) is 24.9. The first-order valence-electron chi connectivity index (χ1n) is 10.5. The zero-order valence-corrected chi connectivity index (χ0v) is 19.8. The molecule has 0 saturated carbocycles. The van der Waals surface area contributed by atoms with Crippen LogP contribution in [0.15, 0.2) is 65.7 Å². The summed E-state index contributed by atoms with van der Waals surface area (Å²) in [5.74, 6) is -0.627. The van der Waals surface area contributed by atoms with Crippen LogP contribution >= 0.6 is 0 Å². The Labute approximate surface area is 198 Å². The number of ether oxygens (including phenoxy) is 1. The van der Waals surface area contributed by atoms with Crippen LogP contribution in [-0.2, 0) is 32.3 Å². The van der Waals surface area contributed by atoms with Gasteiger partial charge in [-0.25, -0.2) is 18.2 Å². The van der Waals surface area contributed by atoms with Gasteiger partial charge < -0.3 is 20.0 Å². The van der Waals surface area contributed by atoms with Crippen molar-refractivity contribution >= 4 is 28.3 Å². The lowest BCUT2D eigenvalue weighted by molar-refractivity contribution is -0.142. The number of carbonyl (C=O) groups is 2. The van der Waals surface area contributed by atoms with E-state index >= 15 is 0 Å². The Morgan fingerprint density at radius 3 is 2.32 bits per heavy atom. The summed E-state index contributed by atoms with van der Waals surface area (Å²) in [5, 5.41) is 13.2. The van der Waals surface area contributed by atoms with Crippen LogP contribution in [-0.4, -0.2) is 49.7 Å². The van der Waals surface area contributed by atoms with Crippen LogP contribution in [0.3, 0.4) is 0 Å². The number of rotatable bonds is 7. The highest BCUT2D eigenvalue weighted by atomic mass is 32.2. The van der Waals surface area contributed by atoms with E-state index in [1.807, 2.05) is 31.1 Å². The fraction of sp³-hybridized carbons (Fsp3) is 0.240. The molecule has 1 aliphatic carbocycles. The smallest absolute Gasteiger partial charge is 0.330 e. The number of pyridine rings is 1. The van der Waals surface area contributed by atoms with E-state index < -0.39 is 21.3 Å². The average molecular weight is 483 g/mol. The fourth-order valence-corrected chi connectivity index (χ4v) is 5.02. The van der Waals surface area contributed by atoms with Crippen molar-refractivity contribution in [3.8, 4) is 17.0 Å². The van der Waals surface area contributed by atoms with Gasteiger partial charge in [0.05, 0.1) is 29.6 Å². The Kier molecular flexibility index (Phi) is 7.36. The lowest BCUT2D eigenvalue weighted by Gasteiger charge is -2.27. The molecule has 3 aromatic rings. The van der Waals surface area contributed by atoms with Crippen LogP contribution in [0.4, 0.5) is 5.69 Å². The summed E-state index contributed by atoms with van der Waals surface area (Å²) in [7, 11) is -1.90. The van der Waals surface area contributed by atoms with Crippen LogP contribution < -0.4 is 10.1 Å². The van der Waals surface area contributed by atoms with Crippen molar-refractivity contribution in [3.63, 3.8) is 0 Å². The van der Waals surface area contributed by atoms with Crippen molar-refractivity contribution in [2.24, 2.45) is 0 Å². The second-order valence-electron chi connectivity index (χ2n) is 7.85. The van der Waals surface area contributed by atoms with E-state index in [1.54, 1.807) is 37.3 Å². The molecule has 0 radical (unpaired) electrons. The van der Waals surface area contributed by atoms with E-state index in [0.29, 0.717) is 35.5 Å². The number of benzene rings is 2. The standard InChI is InChI=1S/C24H24N2O5S.CH2O/c1-3-32(29,30)20-10-6-9-16(11-20)21-12-19(15-25-22(21)31-2)26-24(23(27)28)13-17-7-4-5-8-18(17)14-24;1-2/h4-12,15,26H,3,13-14H2,1-2H3,(H,27,28);1H2. The summed E-state index contributed by atoms with van der Waals surface area (Å²) in [6.45, 7) is 3.60. The quantitative estimate of drug-likeness (QED) is 0.525. The predicted octanol–water partition coefficient (Wildman–Crippen LogP) is 3.40. The molecule has 0 bridgehead atoms. The molecule has 0 aliphatic heterocycles. The van der Waals surface area contributed by atoms with Crippen molar-refractivity contribution in [1.82, 2.24) is 4.98 Å². The van der Waals surface area contributed by atoms with E-state index in [0.717, 1.165) is 11.1 Å². The molecule has 8 nitrogen and oxygen atoms in total. The molecule has 34 heavy (non-hydrogen) atoms. The van der Waals surface area contributed by atoms with Gasteiger partial charge in [-0.05, 0) is 34.9 Å². The largest absolute Gasteiger partial charge is 0.481 e. The number of fused-ring (bicyclic) bond motifs is 1. The SMILES string of the molecule is C=O.CCS(=O)(=O)c1cccc(-c2cc(NC3(C(=O)O)Cc4ccccc4C3)cnc2OC)c1. The van der Waals surface area contributed by atoms with Crippen molar-refractivity contribution < 1.29 is 27.9 Å². The average Bonchev–Trinajstić information content (AvgIpc) is 3.25. The van der Waals surface area contributed by atoms with Crippen LogP contribution in [0, 0.1) is 0 Å². The summed E-state index contributed by atoms with van der Waals surface area (Å²) in [6, 6.07) is 16.0. The molecule has 1 heterocycles. The van der Waals surface area contributed by atoms with Crippen LogP contribution in [0.1, 0.15) is 18.1 Å².